The van der Waals surface area contributed by atoms with Crippen molar-refractivity contribution in [3.8, 4) is 5.75 Å². The number of amides is 1. The minimum atomic E-state index is -0.462. The van der Waals surface area contributed by atoms with E-state index in [2.05, 4.69) is 39.4 Å². The van der Waals surface area contributed by atoms with Crippen LogP contribution in [0.25, 0.3) is 11.0 Å². The molecule has 8 nitrogen and oxygen atoms in total. The van der Waals surface area contributed by atoms with Crippen LogP contribution in [0.1, 0.15) is 31.9 Å². The van der Waals surface area contributed by atoms with Gasteiger partial charge in [0.15, 0.2) is 6.10 Å². The molecular weight excluding hydrogens is 470 g/mol. The Morgan fingerprint density at radius 1 is 1.03 bits per heavy atom. The fraction of sp³-hybridized carbons (Fsp3) is 0.448. The number of hydrogen-bond acceptors (Lipinski definition) is 7. The number of aryl methyl sites for hydroxylation is 2. The van der Waals surface area contributed by atoms with Gasteiger partial charge in [0.25, 0.3) is 0 Å². The predicted molar refractivity (Wildman–Crippen MR) is 146 cm³/mol. The van der Waals surface area contributed by atoms with Gasteiger partial charge in [-0.2, -0.15) is 0 Å². The average Bonchev–Trinajstić information content (AvgIpc) is 2.82. The van der Waals surface area contributed by atoms with Crippen molar-refractivity contribution in [1.82, 2.24) is 10.2 Å². The first-order valence-electron chi connectivity index (χ1n) is 12.8. The number of benzene rings is 2. The summed E-state index contributed by atoms with van der Waals surface area (Å²) in [6.07, 6.45) is -0.924. The lowest BCUT2D eigenvalue weighted by atomic mass is 10.1. The summed E-state index contributed by atoms with van der Waals surface area (Å²) in [5.74, 6) is 0.670. The number of rotatable bonds is 7. The number of carbonyl (C=O) groups is 1. The molecule has 1 N–H and O–H groups in total. The van der Waals surface area contributed by atoms with Crippen LogP contribution < -0.4 is 20.6 Å². The highest BCUT2D eigenvalue weighted by Gasteiger charge is 2.25. The molecule has 198 valence electrons. The molecule has 3 aromatic rings. The van der Waals surface area contributed by atoms with Crippen molar-refractivity contribution in [2.24, 2.45) is 0 Å². The van der Waals surface area contributed by atoms with Gasteiger partial charge in [-0.25, -0.2) is 9.59 Å². The minimum Gasteiger partial charge on any atom is -0.489 e. The summed E-state index contributed by atoms with van der Waals surface area (Å²) in [6.45, 7) is 13.8. The third-order valence-corrected chi connectivity index (χ3v) is 6.38. The Balaban J connectivity index is 1.44. The van der Waals surface area contributed by atoms with Crippen LogP contribution in [-0.4, -0.2) is 62.0 Å². The molecule has 1 aliphatic heterocycles. The van der Waals surface area contributed by atoms with Gasteiger partial charge < -0.3 is 24.1 Å². The van der Waals surface area contributed by atoms with E-state index >= 15 is 0 Å². The first kappa shape index (κ1) is 26.5. The number of piperazine rings is 1. The van der Waals surface area contributed by atoms with E-state index < -0.39 is 17.7 Å². The standard InChI is InChI=1S/C29H37N3O5/c1-20-16-27(33)37-26-15-21(2)25(17-24(20)26)35-19-23(36-28(34)30-29(3,4)5)18-31-11-13-32(14-12-31)22-9-7-6-8-10-22/h6-10,15-17,23H,11-14,18-19H2,1-5H3,(H,30,34). The zero-order chi connectivity index (χ0) is 26.6. The molecule has 1 saturated heterocycles. The van der Waals surface area contributed by atoms with Crippen LogP contribution >= 0.6 is 0 Å². The van der Waals surface area contributed by atoms with E-state index in [1.807, 2.05) is 52.8 Å². The molecule has 2 heterocycles. The number of nitrogens with one attached hydrogen (secondary N) is 1. The summed E-state index contributed by atoms with van der Waals surface area (Å²) < 4.78 is 17.4. The van der Waals surface area contributed by atoms with Gasteiger partial charge in [-0.15, -0.1) is 0 Å². The van der Waals surface area contributed by atoms with Crippen molar-refractivity contribution >= 4 is 22.7 Å². The Hall–Kier alpha value is -3.52. The van der Waals surface area contributed by atoms with Crippen LogP contribution in [0.4, 0.5) is 10.5 Å². The normalized spacial score (nSPS) is 15.4. The number of hydrogen-bond donors (Lipinski definition) is 1. The third kappa shape index (κ3) is 7.26. The molecular formula is C29H37N3O5. The SMILES string of the molecule is Cc1cc2oc(=O)cc(C)c2cc1OCC(CN1CCN(c2ccccc2)CC1)OC(=O)NC(C)(C)C. The summed E-state index contributed by atoms with van der Waals surface area (Å²) in [5.41, 5.74) is 2.65. The van der Waals surface area contributed by atoms with Crippen LogP contribution in [0.15, 0.2) is 57.7 Å². The molecule has 0 saturated carbocycles. The Morgan fingerprint density at radius 3 is 2.41 bits per heavy atom. The number of alkyl carbamates (subject to hydrolysis) is 1. The lowest BCUT2D eigenvalue weighted by Crippen LogP contribution is -2.51. The number of ether oxygens (including phenoxy) is 2. The van der Waals surface area contributed by atoms with Gasteiger partial charge in [-0.3, -0.25) is 4.90 Å². The zero-order valence-corrected chi connectivity index (χ0v) is 22.4. The highest BCUT2D eigenvalue weighted by atomic mass is 16.6. The second-order valence-corrected chi connectivity index (χ2v) is 10.7. The highest BCUT2D eigenvalue weighted by Crippen LogP contribution is 2.27. The number of fused-ring (bicyclic) bond motifs is 1. The number of nitrogens with zero attached hydrogens (tertiary/aromatic N) is 2. The zero-order valence-electron chi connectivity index (χ0n) is 22.4. The smallest absolute Gasteiger partial charge is 0.407 e. The van der Waals surface area contributed by atoms with Crippen molar-refractivity contribution in [3.05, 3.63) is 70.1 Å². The monoisotopic (exact) mass is 507 g/mol. The molecule has 0 aliphatic carbocycles. The molecule has 1 unspecified atom stereocenters. The molecule has 4 rings (SSSR count). The molecule has 1 aliphatic rings. The molecule has 1 aromatic heterocycles. The van der Waals surface area contributed by atoms with Crippen molar-refractivity contribution in [3.63, 3.8) is 0 Å². The maximum atomic E-state index is 12.6. The summed E-state index contributed by atoms with van der Waals surface area (Å²) in [7, 11) is 0. The summed E-state index contributed by atoms with van der Waals surface area (Å²) >= 11 is 0. The summed E-state index contributed by atoms with van der Waals surface area (Å²) in [6, 6.07) is 15.6. The molecule has 1 atom stereocenters. The largest absolute Gasteiger partial charge is 0.489 e. The molecule has 1 fully saturated rings. The van der Waals surface area contributed by atoms with E-state index in [9.17, 15) is 9.59 Å². The second-order valence-electron chi connectivity index (χ2n) is 10.7. The number of carbonyl (C=O) groups excluding carboxylic acids is 1. The first-order valence-corrected chi connectivity index (χ1v) is 12.8. The second kappa shape index (κ2) is 11.3. The van der Waals surface area contributed by atoms with Crippen LogP contribution in [0.2, 0.25) is 0 Å². The van der Waals surface area contributed by atoms with Crippen LogP contribution in [0, 0.1) is 13.8 Å². The molecule has 0 spiro atoms. The highest BCUT2D eigenvalue weighted by molar-refractivity contribution is 5.82. The fourth-order valence-corrected chi connectivity index (χ4v) is 4.51. The Kier molecular flexibility index (Phi) is 8.07. The van der Waals surface area contributed by atoms with Gasteiger partial charge in [0.05, 0.1) is 0 Å². The third-order valence-electron chi connectivity index (χ3n) is 6.38. The van der Waals surface area contributed by atoms with Gasteiger partial charge in [0.1, 0.15) is 17.9 Å². The van der Waals surface area contributed by atoms with Gasteiger partial charge in [0.2, 0.25) is 0 Å². The molecule has 0 bridgehead atoms. The minimum absolute atomic E-state index is 0.207. The van der Waals surface area contributed by atoms with Crippen molar-refractivity contribution in [2.75, 3.05) is 44.2 Å². The molecule has 0 radical (unpaired) electrons. The molecule has 1 amide bonds. The fourth-order valence-electron chi connectivity index (χ4n) is 4.51. The van der Waals surface area contributed by atoms with Gasteiger partial charge >= 0.3 is 11.7 Å². The van der Waals surface area contributed by atoms with Crippen LogP contribution in [0.3, 0.4) is 0 Å². The quantitative estimate of drug-likeness (QED) is 0.471. The van der Waals surface area contributed by atoms with Crippen LogP contribution in [0.5, 0.6) is 5.75 Å². The van der Waals surface area contributed by atoms with Crippen LogP contribution in [-0.2, 0) is 4.74 Å². The Labute approximate surface area is 218 Å². The van der Waals surface area contributed by atoms with E-state index in [1.165, 1.54) is 11.8 Å². The van der Waals surface area contributed by atoms with Gasteiger partial charge in [0, 0.05) is 55.4 Å². The number of para-hydroxylation sites is 1. The predicted octanol–water partition coefficient (Wildman–Crippen LogP) is 4.50. The first-order chi connectivity index (χ1) is 17.6. The maximum Gasteiger partial charge on any atom is 0.407 e. The molecule has 2 aromatic carbocycles. The lowest BCUT2D eigenvalue weighted by molar-refractivity contribution is 0.0359. The lowest BCUT2D eigenvalue weighted by Gasteiger charge is -2.37. The molecule has 37 heavy (non-hydrogen) atoms. The topological polar surface area (TPSA) is 84.2 Å². The molecule has 8 heteroatoms. The average molecular weight is 508 g/mol. The van der Waals surface area contributed by atoms with E-state index in [0.29, 0.717) is 17.9 Å². The van der Waals surface area contributed by atoms with E-state index in [-0.39, 0.29) is 12.2 Å². The number of anilines is 1. The van der Waals surface area contributed by atoms with Crippen molar-refractivity contribution in [2.45, 2.75) is 46.3 Å². The van der Waals surface area contributed by atoms with E-state index in [4.69, 9.17) is 13.9 Å². The summed E-state index contributed by atoms with van der Waals surface area (Å²) in [4.78, 5) is 29.0. The van der Waals surface area contributed by atoms with Crippen molar-refractivity contribution < 1.29 is 18.7 Å². The summed E-state index contributed by atoms with van der Waals surface area (Å²) in [5, 5.41) is 3.70. The van der Waals surface area contributed by atoms with Crippen molar-refractivity contribution in [1.29, 1.82) is 0 Å². The van der Waals surface area contributed by atoms with Gasteiger partial charge in [-0.05, 0) is 70.0 Å². The van der Waals surface area contributed by atoms with E-state index in [0.717, 1.165) is 42.7 Å². The Bertz CT molecular complexity index is 1270. The maximum absolute atomic E-state index is 12.6. The Morgan fingerprint density at radius 2 is 1.73 bits per heavy atom. The van der Waals surface area contributed by atoms with Gasteiger partial charge in [-0.1, -0.05) is 18.2 Å². The van der Waals surface area contributed by atoms with E-state index in [1.54, 1.807) is 0 Å².